The molecule has 7 saturated carbocycles. The fraction of sp³-hybridized carbons (Fsp3) is 0.610. The first-order valence-electron chi connectivity index (χ1n) is 27.6. The highest BCUT2D eigenvalue weighted by Crippen LogP contribution is 2.83. The molecule has 73 heavy (non-hydrogen) atoms. The van der Waals surface area contributed by atoms with Crippen molar-refractivity contribution in [2.24, 2.45) is 58.2 Å². The van der Waals surface area contributed by atoms with Gasteiger partial charge in [0.1, 0.15) is 17.5 Å². The van der Waals surface area contributed by atoms with Gasteiger partial charge in [0.2, 0.25) is 5.79 Å². The van der Waals surface area contributed by atoms with Crippen LogP contribution in [0.1, 0.15) is 99.8 Å². The number of fused-ring (bicyclic) bond motifs is 11. The number of hydrogen-bond donors (Lipinski definition) is 8. The maximum Gasteiger partial charge on any atom is 0.343 e. The van der Waals surface area contributed by atoms with Crippen LogP contribution in [0.5, 0.6) is 11.5 Å². The Balaban J connectivity index is 0.910. The fourth-order valence-electron chi connectivity index (χ4n) is 21.2. The van der Waals surface area contributed by atoms with Crippen molar-refractivity contribution in [3.63, 3.8) is 0 Å². The molecule has 8 aliphatic carbocycles. The molecule has 3 spiro atoms. The Bertz CT molecular complexity index is 3190. The molecule has 12 nitrogen and oxygen atoms in total. The predicted octanol–water partition coefficient (Wildman–Crippen LogP) is 7.95. The molecular weight excluding hydrogens is 961 g/mol. The van der Waals surface area contributed by atoms with E-state index in [2.05, 4.69) is 34.6 Å². The number of carbonyl (C=O) groups is 1. The number of phenols is 1. The van der Waals surface area contributed by atoms with Gasteiger partial charge in [0.05, 0.1) is 35.4 Å². The quantitative estimate of drug-likeness (QED) is 0.0492. The van der Waals surface area contributed by atoms with E-state index in [4.69, 9.17) is 14.2 Å². The van der Waals surface area contributed by atoms with Gasteiger partial charge in [-0.3, -0.25) is 0 Å². The second kappa shape index (κ2) is 15.2. The van der Waals surface area contributed by atoms with Crippen LogP contribution in [0.25, 0.3) is 32.4 Å². The predicted molar refractivity (Wildman–Crippen MR) is 278 cm³/mol. The van der Waals surface area contributed by atoms with Crippen molar-refractivity contribution in [1.82, 2.24) is 10.3 Å². The van der Waals surface area contributed by atoms with Crippen molar-refractivity contribution in [2.75, 3.05) is 18.6 Å². The zero-order valence-electron chi connectivity index (χ0n) is 41.2. The van der Waals surface area contributed by atoms with Gasteiger partial charge in [-0.05, 0) is 182 Å². The summed E-state index contributed by atoms with van der Waals surface area (Å²) in [6.45, 7) is -0.458. The molecule has 17 rings (SSSR count). The first kappa shape index (κ1) is 45.8. The van der Waals surface area contributed by atoms with Crippen LogP contribution in [0.4, 0.5) is 0 Å². The van der Waals surface area contributed by atoms with E-state index in [0.29, 0.717) is 60.5 Å². The van der Waals surface area contributed by atoms with Crippen LogP contribution in [0.15, 0.2) is 66.7 Å². The summed E-state index contributed by atoms with van der Waals surface area (Å²) < 4.78 is 21.4. The van der Waals surface area contributed by atoms with Crippen molar-refractivity contribution in [3.05, 3.63) is 83.6 Å². The van der Waals surface area contributed by atoms with Crippen LogP contribution in [0, 0.1) is 58.2 Å². The first-order chi connectivity index (χ1) is 35.4. The molecule has 4 aliphatic heterocycles. The van der Waals surface area contributed by atoms with Gasteiger partial charge >= 0.3 is 5.97 Å². The van der Waals surface area contributed by atoms with Crippen LogP contribution in [-0.2, 0) is 26.3 Å². The lowest BCUT2D eigenvalue weighted by Crippen LogP contribution is -2.83. The normalized spacial score (nSPS) is 47.4. The lowest BCUT2D eigenvalue weighted by atomic mass is 9.39. The number of nitrogens with one attached hydrogen (secondary N) is 2. The summed E-state index contributed by atoms with van der Waals surface area (Å²) in [5.41, 5.74) is -2.92. The number of aliphatic hydroxyl groups is 5. The van der Waals surface area contributed by atoms with E-state index in [1.807, 2.05) is 71.1 Å². The topological polar surface area (TPSA) is 194 Å². The second-order valence-electron chi connectivity index (χ2n) is 25.1. The number of esters is 1. The molecule has 5 heterocycles. The zero-order chi connectivity index (χ0) is 49.3. The highest BCUT2D eigenvalue weighted by Gasteiger charge is 2.90. The van der Waals surface area contributed by atoms with E-state index >= 15 is 4.79 Å². The van der Waals surface area contributed by atoms with Crippen molar-refractivity contribution in [3.8, 4) is 11.5 Å². The van der Waals surface area contributed by atoms with Gasteiger partial charge < -0.3 is 55.2 Å². The van der Waals surface area contributed by atoms with Gasteiger partial charge in [-0.2, -0.15) is 0 Å². The number of aromatic nitrogens is 1. The van der Waals surface area contributed by atoms with E-state index in [1.54, 1.807) is 0 Å². The highest BCUT2D eigenvalue weighted by atomic mass is 33.1. The number of aromatic amines is 1. The summed E-state index contributed by atoms with van der Waals surface area (Å²) in [5.74, 6) is -0.985. The Morgan fingerprint density at radius 1 is 0.863 bits per heavy atom. The van der Waals surface area contributed by atoms with Crippen LogP contribution in [0.2, 0.25) is 0 Å². The standard InChI is InChI=1S/C59H66N2O10S2/c1-60-45-27-73-72-26-40-35-11-8-31-20-33-14-17-55(57(33,47(31)35)41-12-10-34(63)22-37(40)41)50(64)39(45)23-38-42-24-54-16-4-7-32(54)15-18-56(54,66)59(68)58(42,67)52(70-51(38)55)49(71-59)53(65)69-48-44(25-62)61-43-13-9-30-19-28-5-2-3-6-29(28)21-36(30)46(43)48/h2-3,5-6,9-10,12-13,19,21-22,31-33,35,38-40,42,45,47,49-52,60-64,66-68H,4,7-8,11,14-18,20,23-27H2,1H3/t31-,32-,33-,35-,38+,39+,40-,42-,45-,47-,49+,50+,51-,52-,54+,55+,56-,57-,58+,59-/m0/s1. The maximum atomic E-state index is 15.7. The van der Waals surface area contributed by atoms with E-state index in [9.17, 15) is 30.6 Å². The molecule has 3 saturated heterocycles. The molecule has 14 heteroatoms. The number of phenolic OH excluding ortho intramolecular Hbond substituents is 1. The third kappa shape index (κ3) is 5.17. The van der Waals surface area contributed by atoms with Gasteiger partial charge in [0.15, 0.2) is 17.5 Å². The molecule has 12 aliphatic rings. The monoisotopic (exact) mass is 1030 g/mol. The van der Waals surface area contributed by atoms with Crippen molar-refractivity contribution in [2.45, 2.75) is 142 Å². The molecule has 1 aromatic heterocycles. The van der Waals surface area contributed by atoms with Crippen molar-refractivity contribution >= 4 is 60.0 Å². The number of rotatable bonds is 4. The third-order valence-electron chi connectivity index (χ3n) is 23.5. The van der Waals surface area contributed by atoms with Crippen LogP contribution >= 0.6 is 21.6 Å². The third-order valence-corrected chi connectivity index (χ3v) is 26.0. The van der Waals surface area contributed by atoms with E-state index < -0.39 is 76.1 Å². The van der Waals surface area contributed by atoms with Gasteiger partial charge in [0.25, 0.3) is 0 Å². The maximum absolute atomic E-state index is 15.7. The minimum atomic E-state index is -2.60. The summed E-state index contributed by atoms with van der Waals surface area (Å²) in [6.07, 6.45) is 4.52. The van der Waals surface area contributed by atoms with Gasteiger partial charge in [-0.25, -0.2) is 4.79 Å². The molecule has 0 unspecified atom stereocenters. The summed E-state index contributed by atoms with van der Waals surface area (Å²) in [5, 5.41) is 86.2. The number of hydrogen-bond acceptors (Lipinski definition) is 13. The molecule has 20 atom stereocenters. The minimum absolute atomic E-state index is 0.0706. The highest BCUT2D eigenvalue weighted by molar-refractivity contribution is 8.76. The molecule has 4 bridgehead atoms. The Morgan fingerprint density at radius 2 is 1.68 bits per heavy atom. The van der Waals surface area contributed by atoms with Gasteiger partial charge in [-0.15, -0.1) is 0 Å². The van der Waals surface area contributed by atoms with Crippen molar-refractivity contribution < 1.29 is 49.6 Å². The smallest absolute Gasteiger partial charge is 0.343 e. The number of aromatic hydroxyl groups is 1. The number of benzene rings is 4. The first-order valence-corrected chi connectivity index (χ1v) is 30.1. The van der Waals surface area contributed by atoms with Gasteiger partial charge in [-0.1, -0.05) is 64.4 Å². The van der Waals surface area contributed by atoms with Gasteiger partial charge in [0, 0.05) is 45.6 Å². The summed E-state index contributed by atoms with van der Waals surface area (Å²) in [4.78, 5) is 19.1. The average molecular weight is 1030 g/mol. The second-order valence-corrected chi connectivity index (χ2v) is 27.7. The van der Waals surface area contributed by atoms with Crippen LogP contribution < -0.4 is 10.1 Å². The lowest BCUT2D eigenvalue weighted by molar-refractivity contribution is -0.420. The van der Waals surface area contributed by atoms with E-state index in [1.165, 1.54) is 11.1 Å². The van der Waals surface area contributed by atoms with Crippen LogP contribution in [-0.4, -0.2) is 108 Å². The molecular formula is C59H66N2O10S2. The van der Waals surface area contributed by atoms with Crippen LogP contribution in [0.3, 0.4) is 0 Å². The molecule has 0 radical (unpaired) electrons. The Labute approximate surface area is 432 Å². The number of carbonyl (C=O) groups excluding carboxylic acids is 1. The number of ether oxygens (including phenoxy) is 3. The number of aliphatic hydroxyl groups excluding tert-OH is 2. The Hall–Kier alpha value is -3.41. The SMILES string of the molecule is CN[C@H]1CSSC[C@@H]2c3cc(O)ccc3[C@]34[C@@H](CC[C@]35[C@H](O)[C@@H]1C[C@@H]1[C@@H]3C[C@]67CCC[C@H]6CC[C@@]7(O)[C@]6(O)O[C@@H](C(=O)Oc7c(CO)[nH]c8ccc9cc%10ccccc%10cc9c78)[C@H](O[C@@H]15)[C@]36O)C[C@@H]1CC[C@@H]2[C@H]14. The fourth-order valence-corrected chi connectivity index (χ4v) is 24.0. The lowest BCUT2D eigenvalue weighted by Gasteiger charge is -2.71. The Morgan fingerprint density at radius 3 is 2.52 bits per heavy atom. The molecule has 384 valence electrons. The zero-order valence-corrected chi connectivity index (χ0v) is 42.8. The summed E-state index contributed by atoms with van der Waals surface area (Å²) >= 11 is 0. The Kier molecular flexibility index (Phi) is 9.53. The molecule has 8 N–H and O–H groups in total. The van der Waals surface area contributed by atoms with E-state index in [0.717, 1.165) is 71.6 Å². The summed E-state index contributed by atoms with van der Waals surface area (Å²) in [6, 6.07) is 22.2. The molecule has 0 amide bonds. The summed E-state index contributed by atoms with van der Waals surface area (Å²) in [7, 11) is 5.79. The number of H-pyrrole nitrogens is 1. The van der Waals surface area contributed by atoms with E-state index in [-0.39, 0.29) is 59.5 Å². The van der Waals surface area contributed by atoms with Crippen molar-refractivity contribution in [1.29, 1.82) is 0 Å². The average Bonchev–Trinajstić information content (AvgIpc) is 4.26. The molecule has 5 aromatic rings. The molecule has 4 aromatic carbocycles. The molecule has 10 fully saturated rings. The largest absolute Gasteiger partial charge is 0.508 e. The minimum Gasteiger partial charge on any atom is -0.508 e.